The Morgan fingerprint density at radius 2 is 2.05 bits per heavy atom. The molecule has 3 fully saturated rings. The summed E-state index contributed by atoms with van der Waals surface area (Å²) >= 11 is 0. The number of ether oxygens (including phenoxy) is 1. The zero-order valence-corrected chi connectivity index (χ0v) is 12.2. The molecule has 3 saturated heterocycles. The fraction of sp³-hybridized carbons (Fsp3) is 0.471. The monoisotopic (exact) mass is 284 g/mol. The van der Waals surface area contributed by atoms with Crippen LogP contribution < -0.4 is 4.74 Å². The van der Waals surface area contributed by atoms with E-state index in [2.05, 4.69) is 16.8 Å². The lowest BCUT2D eigenvalue weighted by Crippen LogP contribution is -2.58. The fourth-order valence-electron chi connectivity index (χ4n) is 3.64. The van der Waals surface area contributed by atoms with Gasteiger partial charge < -0.3 is 9.15 Å². The predicted molar refractivity (Wildman–Crippen MR) is 80.1 cm³/mol. The number of fused-ring (bicyclic) bond motifs is 3. The number of furan rings is 1. The van der Waals surface area contributed by atoms with Gasteiger partial charge in [-0.15, -0.1) is 0 Å². The van der Waals surface area contributed by atoms with Crippen LogP contribution in [-0.4, -0.2) is 35.1 Å². The molecule has 21 heavy (non-hydrogen) atoms. The number of aromatic nitrogens is 1. The predicted octanol–water partition coefficient (Wildman–Crippen LogP) is 3.20. The molecule has 0 unspecified atom stereocenters. The molecule has 3 aliphatic rings. The summed E-state index contributed by atoms with van der Waals surface area (Å²) in [7, 11) is 0. The minimum absolute atomic E-state index is 0.278. The van der Waals surface area contributed by atoms with E-state index < -0.39 is 0 Å². The summed E-state index contributed by atoms with van der Waals surface area (Å²) in [6.07, 6.45) is 8.04. The van der Waals surface area contributed by atoms with Crippen molar-refractivity contribution in [1.82, 2.24) is 9.88 Å². The molecule has 110 valence electrons. The Bertz CT molecular complexity index is 584. The molecule has 0 saturated carbocycles. The van der Waals surface area contributed by atoms with Gasteiger partial charge in [-0.3, -0.25) is 4.90 Å². The van der Waals surface area contributed by atoms with Crippen molar-refractivity contribution in [3.05, 3.63) is 36.9 Å². The zero-order chi connectivity index (χ0) is 14.2. The lowest BCUT2D eigenvalue weighted by Gasteiger charge is -2.49. The molecule has 4 heteroatoms. The Hall–Kier alpha value is -1.81. The fourth-order valence-corrected chi connectivity index (χ4v) is 3.64. The van der Waals surface area contributed by atoms with Gasteiger partial charge in [-0.1, -0.05) is 0 Å². The third-order valence-corrected chi connectivity index (χ3v) is 4.94. The molecule has 3 aliphatic heterocycles. The maximum absolute atomic E-state index is 6.20. The van der Waals surface area contributed by atoms with E-state index in [1.54, 1.807) is 12.5 Å². The van der Waals surface area contributed by atoms with Crippen LogP contribution >= 0.6 is 0 Å². The van der Waals surface area contributed by atoms with Gasteiger partial charge in [0.05, 0.1) is 12.5 Å². The highest BCUT2D eigenvalue weighted by molar-refractivity contribution is 5.60. The third kappa shape index (κ3) is 2.33. The van der Waals surface area contributed by atoms with Gasteiger partial charge in [-0.25, -0.2) is 4.98 Å². The van der Waals surface area contributed by atoms with Gasteiger partial charge in [0, 0.05) is 29.4 Å². The molecule has 2 aromatic rings. The van der Waals surface area contributed by atoms with Crippen molar-refractivity contribution in [3.8, 4) is 17.0 Å². The van der Waals surface area contributed by atoms with E-state index in [1.807, 2.05) is 24.4 Å². The van der Waals surface area contributed by atoms with Crippen LogP contribution in [0, 0.1) is 5.92 Å². The highest BCUT2D eigenvalue weighted by Gasteiger charge is 2.41. The Labute approximate surface area is 124 Å². The van der Waals surface area contributed by atoms with Gasteiger partial charge in [-0.2, -0.15) is 0 Å². The smallest absolute Gasteiger partial charge is 0.213 e. The van der Waals surface area contributed by atoms with Crippen molar-refractivity contribution in [2.45, 2.75) is 31.9 Å². The van der Waals surface area contributed by atoms with E-state index in [0.29, 0.717) is 12.0 Å². The average Bonchev–Trinajstić information content (AvgIpc) is 3.06. The highest BCUT2D eigenvalue weighted by atomic mass is 16.5. The lowest BCUT2D eigenvalue weighted by molar-refractivity contribution is -0.0525. The summed E-state index contributed by atoms with van der Waals surface area (Å²) in [5.41, 5.74) is 2.10. The largest absolute Gasteiger partial charge is 0.472 e. The van der Waals surface area contributed by atoms with E-state index in [0.717, 1.165) is 17.0 Å². The first kappa shape index (κ1) is 12.9. The first-order valence-corrected chi connectivity index (χ1v) is 7.70. The van der Waals surface area contributed by atoms with Gasteiger partial charge >= 0.3 is 0 Å². The number of piperidine rings is 3. The Morgan fingerprint density at radius 1 is 1.19 bits per heavy atom. The molecule has 0 N–H and O–H groups in total. The van der Waals surface area contributed by atoms with Gasteiger partial charge in [-0.05, 0) is 50.9 Å². The Balaban J connectivity index is 1.50. The summed E-state index contributed by atoms with van der Waals surface area (Å²) in [5, 5.41) is 0. The maximum Gasteiger partial charge on any atom is 0.213 e. The Morgan fingerprint density at radius 3 is 2.67 bits per heavy atom. The van der Waals surface area contributed by atoms with Crippen LogP contribution in [0.25, 0.3) is 11.1 Å². The topological polar surface area (TPSA) is 38.5 Å². The molecule has 0 spiro atoms. The average molecular weight is 284 g/mol. The molecule has 0 amide bonds. The lowest BCUT2D eigenvalue weighted by atomic mass is 9.81. The molecule has 2 bridgehead atoms. The number of hydrogen-bond donors (Lipinski definition) is 0. The van der Waals surface area contributed by atoms with Crippen LogP contribution in [0.3, 0.4) is 0 Å². The number of hydrogen-bond acceptors (Lipinski definition) is 4. The normalized spacial score (nSPS) is 31.3. The van der Waals surface area contributed by atoms with Crippen molar-refractivity contribution < 1.29 is 9.15 Å². The van der Waals surface area contributed by atoms with Gasteiger partial charge in [0.2, 0.25) is 5.88 Å². The second-order valence-electron chi connectivity index (χ2n) is 6.09. The molecular formula is C17H20N2O2. The standard InChI is InChI=1S/C17H20N2O2/c1-12-17(13-4-7-19(12)8-5-13)21-16-3-2-14(10-18-16)15-6-9-20-11-15/h2-3,6,9-13,17H,4-5,7-8H2,1H3/t12-,17-/m0/s1. The number of pyridine rings is 1. The van der Waals surface area contributed by atoms with E-state index >= 15 is 0 Å². The summed E-state index contributed by atoms with van der Waals surface area (Å²) in [5.74, 6) is 1.41. The van der Waals surface area contributed by atoms with Crippen LogP contribution in [0.4, 0.5) is 0 Å². The molecule has 0 radical (unpaired) electrons. The van der Waals surface area contributed by atoms with Crippen molar-refractivity contribution in [3.63, 3.8) is 0 Å². The van der Waals surface area contributed by atoms with E-state index in [-0.39, 0.29) is 6.10 Å². The zero-order valence-electron chi connectivity index (χ0n) is 12.2. The molecule has 2 aromatic heterocycles. The van der Waals surface area contributed by atoms with E-state index in [4.69, 9.17) is 9.15 Å². The summed E-state index contributed by atoms with van der Waals surface area (Å²) in [4.78, 5) is 7.00. The molecule has 0 aromatic carbocycles. The first-order valence-electron chi connectivity index (χ1n) is 7.70. The number of nitrogens with zero attached hydrogens (tertiary/aromatic N) is 2. The Kier molecular flexibility index (Phi) is 3.19. The van der Waals surface area contributed by atoms with Crippen LogP contribution in [-0.2, 0) is 0 Å². The molecule has 5 rings (SSSR count). The minimum atomic E-state index is 0.278. The van der Waals surface area contributed by atoms with Gasteiger partial charge in [0.25, 0.3) is 0 Å². The third-order valence-electron chi connectivity index (χ3n) is 4.94. The summed E-state index contributed by atoms with van der Waals surface area (Å²) in [6, 6.07) is 6.44. The first-order chi connectivity index (χ1) is 10.3. The summed E-state index contributed by atoms with van der Waals surface area (Å²) < 4.78 is 11.3. The molecular weight excluding hydrogens is 264 g/mol. The van der Waals surface area contributed by atoms with Gasteiger partial charge in [0.1, 0.15) is 6.10 Å². The van der Waals surface area contributed by atoms with Crippen molar-refractivity contribution in [1.29, 1.82) is 0 Å². The number of rotatable bonds is 3. The van der Waals surface area contributed by atoms with Crippen LogP contribution in [0.5, 0.6) is 5.88 Å². The van der Waals surface area contributed by atoms with Crippen LogP contribution in [0.1, 0.15) is 19.8 Å². The molecule has 4 nitrogen and oxygen atoms in total. The molecule has 0 aliphatic carbocycles. The van der Waals surface area contributed by atoms with E-state index in [9.17, 15) is 0 Å². The van der Waals surface area contributed by atoms with Gasteiger partial charge in [0.15, 0.2) is 0 Å². The molecule has 2 atom stereocenters. The highest BCUT2D eigenvalue weighted by Crippen LogP contribution is 2.34. The van der Waals surface area contributed by atoms with Crippen molar-refractivity contribution >= 4 is 0 Å². The van der Waals surface area contributed by atoms with E-state index in [1.165, 1.54) is 25.9 Å². The summed E-state index contributed by atoms with van der Waals surface area (Å²) in [6.45, 7) is 4.72. The quantitative estimate of drug-likeness (QED) is 0.867. The SMILES string of the molecule is C[C@H]1[C@H](Oc2ccc(-c3ccoc3)cn2)C2CCN1CC2. The molecule has 5 heterocycles. The minimum Gasteiger partial charge on any atom is -0.472 e. The maximum atomic E-state index is 6.20. The van der Waals surface area contributed by atoms with Crippen molar-refractivity contribution in [2.75, 3.05) is 13.1 Å². The second-order valence-corrected chi connectivity index (χ2v) is 6.09. The van der Waals surface area contributed by atoms with Crippen LogP contribution in [0.2, 0.25) is 0 Å². The second kappa shape index (κ2) is 5.19. The van der Waals surface area contributed by atoms with Crippen LogP contribution in [0.15, 0.2) is 41.3 Å². The van der Waals surface area contributed by atoms with Crippen molar-refractivity contribution in [2.24, 2.45) is 5.92 Å².